The van der Waals surface area contributed by atoms with Crippen molar-refractivity contribution in [1.82, 2.24) is 20.1 Å². The van der Waals surface area contributed by atoms with E-state index in [0.717, 1.165) is 12.8 Å². The maximum Gasteiger partial charge on any atom is 0.252 e. The fourth-order valence-electron chi connectivity index (χ4n) is 1.85. The molecule has 1 fully saturated rings. The second-order valence-corrected chi connectivity index (χ2v) is 3.98. The molecule has 6 nitrogen and oxygen atoms in total. The van der Waals surface area contributed by atoms with E-state index in [1.54, 1.807) is 11.7 Å². The third-order valence-corrected chi connectivity index (χ3v) is 2.97. The van der Waals surface area contributed by atoms with Crippen molar-refractivity contribution in [2.24, 2.45) is 5.92 Å². The Morgan fingerprint density at radius 2 is 2.38 bits per heavy atom. The number of hydrogen-bond acceptors (Lipinski definition) is 5. The largest absolute Gasteiger partial charge is 0.301 e. The highest BCUT2D eigenvalue weighted by molar-refractivity contribution is 5.15. The first-order valence-electron chi connectivity index (χ1n) is 5.14. The summed E-state index contributed by atoms with van der Waals surface area (Å²) in [5.41, 5.74) is -0.583. The summed E-state index contributed by atoms with van der Waals surface area (Å²) in [6.07, 6.45) is 3.62. The van der Waals surface area contributed by atoms with Crippen molar-refractivity contribution < 1.29 is 0 Å². The summed E-state index contributed by atoms with van der Waals surface area (Å²) in [5.74, 6) is 0.510. The van der Waals surface area contributed by atoms with Gasteiger partial charge < -0.3 is 5.32 Å². The standard InChI is InChI=1S/C10H12N6/c1-13-10(5-12,8-2-3-8)6-16-7-14-9(4-11)15-16/h7-8,13H,2-3,6H2,1H3. The van der Waals surface area contributed by atoms with Gasteiger partial charge in [0.05, 0.1) is 12.6 Å². The number of nitrogens with one attached hydrogen (secondary N) is 1. The molecule has 1 unspecified atom stereocenters. The number of nitriles is 2. The highest BCUT2D eigenvalue weighted by Gasteiger charge is 2.45. The second-order valence-electron chi connectivity index (χ2n) is 3.98. The van der Waals surface area contributed by atoms with Crippen LogP contribution >= 0.6 is 0 Å². The molecule has 16 heavy (non-hydrogen) atoms. The molecule has 6 heteroatoms. The predicted molar refractivity (Wildman–Crippen MR) is 54.9 cm³/mol. The SMILES string of the molecule is CNC(C#N)(Cn1cnc(C#N)n1)C1CC1. The summed E-state index contributed by atoms with van der Waals surface area (Å²) in [4.78, 5) is 3.82. The van der Waals surface area contributed by atoms with Crippen LogP contribution in [0.1, 0.15) is 18.7 Å². The summed E-state index contributed by atoms with van der Waals surface area (Å²) in [7, 11) is 1.78. The Bertz CT molecular complexity index is 460. The molecule has 0 aromatic carbocycles. The minimum absolute atomic E-state index is 0.138. The van der Waals surface area contributed by atoms with Gasteiger partial charge in [-0.15, -0.1) is 5.10 Å². The van der Waals surface area contributed by atoms with Crippen LogP contribution in [0.25, 0.3) is 0 Å². The highest BCUT2D eigenvalue weighted by atomic mass is 15.3. The van der Waals surface area contributed by atoms with E-state index in [1.807, 2.05) is 6.07 Å². The zero-order chi connectivity index (χ0) is 11.6. The van der Waals surface area contributed by atoms with E-state index in [9.17, 15) is 5.26 Å². The van der Waals surface area contributed by atoms with Gasteiger partial charge in [0.25, 0.3) is 5.82 Å². The molecular weight excluding hydrogens is 204 g/mol. The van der Waals surface area contributed by atoms with E-state index in [0.29, 0.717) is 12.5 Å². The first-order valence-corrected chi connectivity index (χ1v) is 5.14. The Balaban J connectivity index is 2.18. The molecular formula is C10H12N6. The Morgan fingerprint density at radius 1 is 1.62 bits per heavy atom. The summed E-state index contributed by atoms with van der Waals surface area (Å²) >= 11 is 0. The molecule has 1 heterocycles. The van der Waals surface area contributed by atoms with Crippen molar-refractivity contribution in [1.29, 1.82) is 10.5 Å². The van der Waals surface area contributed by atoms with Gasteiger partial charge in [-0.25, -0.2) is 9.67 Å². The van der Waals surface area contributed by atoms with Gasteiger partial charge in [-0.05, 0) is 25.8 Å². The quantitative estimate of drug-likeness (QED) is 0.767. The topological polar surface area (TPSA) is 90.3 Å². The van der Waals surface area contributed by atoms with Gasteiger partial charge in [-0.2, -0.15) is 10.5 Å². The van der Waals surface area contributed by atoms with E-state index in [4.69, 9.17) is 5.26 Å². The smallest absolute Gasteiger partial charge is 0.252 e. The predicted octanol–water partition coefficient (Wildman–Crippen LogP) is 0.0416. The molecule has 0 saturated heterocycles. The molecule has 82 valence electrons. The van der Waals surface area contributed by atoms with E-state index in [-0.39, 0.29) is 5.82 Å². The van der Waals surface area contributed by atoms with Gasteiger partial charge in [-0.3, -0.25) is 0 Å². The molecule has 0 radical (unpaired) electrons. The summed E-state index contributed by atoms with van der Waals surface area (Å²) in [5, 5.41) is 24.9. The van der Waals surface area contributed by atoms with Gasteiger partial charge in [0, 0.05) is 0 Å². The zero-order valence-corrected chi connectivity index (χ0v) is 9.01. The molecule has 1 atom stereocenters. The van der Waals surface area contributed by atoms with E-state index in [1.165, 1.54) is 6.33 Å². The first-order chi connectivity index (χ1) is 7.74. The van der Waals surface area contributed by atoms with Gasteiger partial charge in [0.2, 0.25) is 0 Å². The lowest BCUT2D eigenvalue weighted by molar-refractivity contribution is 0.325. The number of aromatic nitrogens is 3. The van der Waals surface area contributed by atoms with E-state index < -0.39 is 5.54 Å². The van der Waals surface area contributed by atoms with Crippen LogP contribution in [-0.2, 0) is 6.54 Å². The second kappa shape index (κ2) is 3.92. The first kappa shape index (κ1) is 10.6. The maximum absolute atomic E-state index is 9.27. The van der Waals surface area contributed by atoms with Crippen LogP contribution in [-0.4, -0.2) is 27.4 Å². The minimum Gasteiger partial charge on any atom is -0.301 e. The number of rotatable bonds is 4. The van der Waals surface area contributed by atoms with Crippen molar-refractivity contribution in [3.05, 3.63) is 12.2 Å². The molecule has 1 aromatic rings. The zero-order valence-electron chi connectivity index (χ0n) is 9.01. The molecule has 0 bridgehead atoms. The van der Waals surface area contributed by atoms with Gasteiger partial charge >= 0.3 is 0 Å². The Hall–Kier alpha value is -1.92. The van der Waals surface area contributed by atoms with Crippen molar-refractivity contribution >= 4 is 0 Å². The molecule has 0 amide bonds. The summed E-state index contributed by atoms with van der Waals surface area (Å²) in [6.45, 7) is 0.430. The molecule has 1 saturated carbocycles. The van der Waals surface area contributed by atoms with E-state index in [2.05, 4.69) is 21.5 Å². The van der Waals surface area contributed by atoms with Crippen LogP contribution in [0.5, 0.6) is 0 Å². The van der Waals surface area contributed by atoms with Gasteiger partial charge in [0.1, 0.15) is 17.9 Å². The molecule has 1 aliphatic carbocycles. The number of likely N-dealkylation sites (N-methyl/N-ethyl adjacent to an activating group) is 1. The fraction of sp³-hybridized carbons (Fsp3) is 0.600. The van der Waals surface area contributed by atoms with Crippen LogP contribution in [0.3, 0.4) is 0 Å². The van der Waals surface area contributed by atoms with Crippen LogP contribution < -0.4 is 5.32 Å². The van der Waals surface area contributed by atoms with Crippen molar-refractivity contribution in [2.75, 3.05) is 7.05 Å². The van der Waals surface area contributed by atoms with Crippen molar-refractivity contribution in [3.8, 4) is 12.1 Å². The van der Waals surface area contributed by atoms with Crippen molar-refractivity contribution in [2.45, 2.75) is 24.9 Å². The molecule has 1 aliphatic rings. The molecule has 0 spiro atoms. The fourth-order valence-corrected chi connectivity index (χ4v) is 1.85. The Morgan fingerprint density at radius 3 is 2.81 bits per heavy atom. The van der Waals surface area contributed by atoms with Crippen LogP contribution in [0, 0.1) is 28.6 Å². The summed E-state index contributed by atoms with van der Waals surface area (Å²) < 4.78 is 1.55. The monoisotopic (exact) mass is 216 g/mol. The average molecular weight is 216 g/mol. The number of hydrogen-bond donors (Lipinski definition) is 1. The van der Waals surface area contributed by atoms with E-state index >= 15 is 0 Å². The third kappa shape index (κ3) is 1.75. The Labute approximate surface area is 93.5 Å². The normalized spacial score (nSPS) is 18.4. The molecule has 2 rings (SSSR count). The minimum atomic E-state index is -0.583. The maximum atomic E-state index is 9.27. The average Bonchev–Trinajstić information content (AvgIpc) is 3.07. The molecule has 1 N–H and O–H groups in total. The molecule has 1 aromatic heterocycles. The third-order valence-electron chi connectivity index (χ3n) is 2.97. The lowest BCUT2D eigenvalue weighted by atomic mass is 9.95. The highest BCUT2D eigenvalue weighted by Crippen LogP contribution is 2.40. The van der Waals surface area contributed by atoms with Crippen molar-refractivity contribution in [3.63, 3.8) is 0 Å². The molecule has 0 aliphatic heterocycles. The van der Waals surface area contributed by atoms with Gasteiger partial charge in [0.15, 0.2) is 0 Å². The van der Waals surface area contributed by atoms with Crippen LogP contribution in [0.15, 0.2) is 6.33 Å². The van der Waals surface area contributed by atoms with Gasteiger partial charge in [-0.1, -0.05) is 0 Å². The van der Waals surface area contributed by atoms with Crippen LogP contribution in [0.2, 0.25) is 0 Å². The lowest BCUT2D eigenvalue weighted by Gasteiger charge is -2.25. The number of nitrogens with zero attached hydrogens (tertiary/aromatic N) is 5. The Kier molecular flexibility index (Phi) is 2.59. The van der Waals surface area contributed by atoms with Crippen LogP contribution in [0.4, 0.5) is 0 Å². The summed E-state index contributed by atoms with van der Waals surface area (Å²) in [6, 6.07) is 4.19. The lowest BCUT2D eigenvalue weighted by Crippen LogP contribution is -2.47.